The van der Waals surface area contributed by atoms with E-state index in [1.807, 2.05) is 0 Å². The van der Waals surface area contributed by atoms with E-state index >= 15 is 0 Å². The van der Waals surface area contributed by atoms with Gasteiger partial charge >= 0.3 is 12.1 Å². The van der Waals surface area contributed by atoms with Gasteiger partial charge < -0.3 is 4.74 Å². The molecular formula is C14H14F4O3. The Morgan fingerprint density at radius 2 is 1.86 bits per heavy atom. The van der Waals surface area contributed by atoms with Crippen LogP contribution in [0.3, 0.4) is 0 Å². The van der Waals surface area contributed by atoms with Crippen LogP contribution in [0.2, 0.25) is 0 Å². The quantitative estimate of drug-likeness (QED) is 0.361. The van der Waals surface area contributed by atoms with Gasteiger partial charge in [-0.3, -0.25) is 9.59 Å². The Labute approximate surface area is 118 Å². The van der Waals surface area contributed by atoms with Crippen LogP contribution in [-0.2, 0) is 15.7 Å². The lowest BCUT2D eigenvalue weighted by atomic mass is 9.94. The molecule has 0 saturated carbocycles. The molecule has 0 aliphatic rings. The highest BCUT2D eigenvalue weighted by Crippen LogP contribution is 2.31. The summed E-state index contributed by atoms with van der Waals surface area (Å²) in [4.78, 5) is 23.7. The Morgan fingerprint density at radius 3 is 2.33 bits per heavy atom. The molecule has 1 atom stereocenters. The zero-order chi connectivity index (χ0) is 16.2. The topological polar surface area (TPSA) is 43.4 Å². The van der Waals surface area contributed by atoms with Gasteiger partial charge in [-0.1, -0.05) is 6.92 Å². The fraction of sp³-hybridized carbons (Fsp3) is 0.429. The highest BCUT2D eigenvalue weighted by Gasteiger charge is 2.34. The van der Waals surface area contributed by atoms with Gasteiger partial charge in [-0.15, -0.1) is 0 Å². The summed E-state index contributed by atoms with van der Waals surface area (Å²) < 4.78 is 56.1. The first-order valence-electron chi connectivity index (χ1n) is 6.29. The summed E-state index contributed by atoms with van der Waals surface area (Å²) in [7, 11) is 0. The molecule has 0 aliphatic carbocycles. The number of hydrogen-bond donors (Lipinski definition) is 0. The number of ketones is 1. The van der Waals surface area contributed by atoms with Crippen LogP contribution >= 0.6 is 0 Å². The van der Waals surface area contributed by atoms with Crippen molar-refractivity contribution in [2.45, 2.75) is 26.4 Å². The Bertz CT molecular complexity index is 538. The second kappa shape index (κ2) is 6.69. The number of esters is 1. The van der Waals surface area contributed by atoms with E-state index in [1.54, 1.807) is 0 Å². The molecule has 0 aromatic heterocycles. The normalized spacial score (nSPS) is 12.9. The third kappa shape index (κ3) is 4.03. The maximum absolute atomic E-state index is 13.6. The van der Waals surface area contributed by atoms with Crippen LogP contribution < -0.4 is 0 Å². The smallest absolute Gasteiger partial charge is 0.416 e. The first-order chi connectivity index (χ1) is 9.72. The summed E-state index contributed by atoms with van der Waals surface area (Å²) in [5, 5.41) is 0. The van der Waals surface area contributed by atoms with Gasteiger partial charge in [0.15, 0.2) is 5.78 Å². The Balaban J connectivity index is 3.19. The number of hydrogen-bond acceptors (Lipinski definition) is 3. The SMILES string of the molecule is CCOC(=O)C(CC)C(=O)c1cc(C(F)(F)F)ccc1F. The van der Waals surface area contributed by atoms with Gasteiger partial charge in [-0.25, -0.2) is 4.39 Å². The second-order valence-electron chi connectivity index (χ2n) is 4.27. The van der Waals surface area contributed by atoms with Crippen molar-refractivity contribution in [1.29, 1.82) is 0 Å². The molecule has 0 fully saturated rings. The molecule has 7 heteroatoms. The van der Waals surface area contributed by atoms with Gasteiger partial charge in [-0.2, -0.15) is 13.2 Å². The number of Topliss-reactive ketones (excluding diaryl/α,β-unsaturated/α-hetero) is 1. The van der Waals surface area contributed by atoms with E-state index in [2.05, 4.69) is 4.74 Å². The van der Waals surface area contributed by atoms with Crippen molar-refractivity contribution >= 4 is 11.8 Å². The first-order valence-corrected chi connectivity index (χ1v) is 6.29. The zero-order valence-electron chi connectivity index (χ0n) is 11.5. The van der Waals surface area contributed by atoms with Crippen molar-refractivity contribution < 1.29 is 31.9 Å². The van der Waals surface area contributed by atoms with E-state index in [9.17, 15) is 27.2 Å². The molecule has 0 spiro atoms. The van der Waals surface area contributed by atoms with Crippen LogP contribution in [0.1, 0.15) is 36.2 Å². The lowest BCUT2D eigenvalue weighted by Crippen LogP contribution is -2.26. The van der Waals surface area contributed by atoms with Crippen molar-refractivity contribution in [1.82, 2.24) is 0 Å². The predicted molar refractivity (Wildman–Crippen MR) is 66.1 cm³/mol. The average molecular weight is 306 g/mol. The summed E-state index contributed by atoms with van der Waals surface area (Å²) in [6.45, 7) is 3.04. The molecule has 0 N–H and O–H groups in total. The van der Waals surface area contributed by atoms with Gasteiger partial charge in [0.1, 0.15) is 11.7 Å². The van der Waals surface area contributed by atoms with Crippen LogP contribution in [0.4, 0.5) is 17.6 Å². The minimum absolute atomic E-state index is 0.00729. The Hall–Kier alpha value is -1.92. The van der Waals surface area contributed by atoms with Crippen LogP contribution in [0.15, 0.2) is 18.2 Å². The molecule has 1 aromatic rings. The molecule has 1 rings (SSSR count). The Morgan fingerprint density at radius 1 is 1.24 bits per heavy atom. The third-order valence-corrected chi connectivity index (χ3v) is 2.85. The largest absolute Gasteiger partial charge is 0.465 e. The summed E-state index contributed by atoms with van der Waals surface area (Å²) in [6, 6.07) is 1.52. The molecule has 0 heterocycles. The van der Waals surface area contributed by atoms with Crippen molar-refractivity contribution in [3.63, 3.8) is 0 Å². The molecule has 0 saturated heterocycles. The molecule has 21 heavy (non-hydrogen) atoms. The second-order valence-corrected chi connectivity index (χ2v) is 4.27. The summed E-state index contributed by atoms with van der Waals surface area (Å²) in [5.41, 5.74) is -1.91. The molecule has 116 valence electrons. The minimum atomic E-state index is -4.70. The zero-order valence-corrected chi connectivity index (χ0v) is 11.5. The number of halogens is 4. The van der Waals surface area contributed by atoms with Crippen molar-refractivity contribution in [2.75, 3.05) is 6.61 Å². The van der Waals surface area contributed by atoms with Crippen molar-refractivity contribution in [3.8, 4) is 0 Å². The van der Waals surface area contributed by atoms with Gasteiger partial charge in [0.2, 0.25) is 0 Å². The van der Waals surface area contributed by atoms with E-state index in [0.29, 0.717) is 18.2 Å². The van der Waals surface area contributed by atoms with Gasteiger partial charge in [0.05, 0.1) is 17.7 Å². The summed E-state index contributed by atoms with van der Waals surface area (Å²) >= 11 is 0. The molecule has 0 radical (unpaired) electrons. The number of benzene rings is 1. The van der Waals surface area contributed by atoms with Gasteiger partial charge in [0.25, 0.3) is 0 Å². The third-order valence-electron chi connectivity index (χ3n) is 2.85. The maximum atomic E-state index is 13.6. The van der Waals surface area contributed by atoms with Crippen LogP contribution in [0.5, 0.6) is 0 Å². The Kier molecular flexibility index (Phi) is 5.46. The van der Waals surface area contributed by atoms with Crippen LogP contribution in [0.25, 0.3) is 0 Å². The molecule has 0 amide bonds. The molecular weight excluding hydrogens is 292 g/mol. The van der Waals surface area contributed by atoms with E-state index in [1.165, 1.54) is 13.8 Å². The first kappa shape index (κ1) is 17.1. The number of carbonyl (C=O) groups is 2. The maximum Gasteiger partial charge on any atom is 0.416 e. The lowest BCUT2D eigenvalue weighted by molar-refractivity contribution is -0.146. The average Bonchev–Trinajstić information content (AvgIpc) is 2.38. The molecule has 1 unspecified atom stereocenters. The van der Waals surface area contributed by atoms with Crippen molar-refractivity contribution in [2.24, 2.45) is 5.92 Å². The van der Waals surface area contributed by atoms with Gasteiger partial charge in [0, 0.05) is 0 Å². The number of ether oxygens (including phenoxy) is 1. The highest BCUT2D eigenvalue weighted by molar-refractivity contribution is 6.08. The highest BCUT2D eigenvalue weighted by atomic mass is 19.4. The number of rotatable bonds is 5. The summed E-state index contributed by atoms with van der Waals surface area (Å²) in [5.74, 6) is -4.31. The number of alkyl halides is 3. The fourth-order valence-electron chi connectivity index (χ4n) is 1.78. The van der Waals surface area contributed by atoms with Gasteiger partial charge in [-0.05, 0) is 31.5 Å². The standard InChI is InChI=1S/C14H14F4O3/c1-3-9(13(20)21-4-2)12(19)10-7-8(14(16,17)18)5-6-11(10)15/h5-7,9H,3-4H2,1-2H3. The molecule has 0 aliphatic heterocycles. The lowest BCUT2D eigenvalue weighted by Gasteiger charge is -2.14. The predicted octanol–water partition coefficient (Wildman–Crippen LogP) is 3.62. The molecule has 0 bridgehead atoms. The van der Waals surface area contributed by atoms with E-state index in [4.69, 9.17) is 0 Å². The van der Waals surface area contributed by atoms with E-state index < -0.39 is 40.8 Å². The fourth-order valence-corrected chi connectivity index (χ4v) is 1.78. The monoisotopic (exact) mass is 306 g/mol. The van der Waals surface area contributed by atoms with E-state index in [-0.39, 0.29) is 13.0 Å². The van der Waals surface area contributed by atoms with E-state index in [0.717, 1.165) is 0 Å². The van der Waals surface area contributed by atoms with Crippen LogP contribution in [-0.4, -0.2) is 18.4 Å². The minimum Gasteiger partial charge on any atom is -0.465 e. The molecule has 1 aromatic carbocycles. The molecule has 3 nitrogen and oxygen atoms in total. The number of carbonyl (C=O) groups excluding carboxylic acids is 2. The van der Waals surface area contributed by atoms with Crippen LogP contribution in [0, 0.1) is 11.7 Å². The van der Waals surface area contributed by atoms with Crippen molar-refractivity contribution in [3.05, 3.63) is 35.1 Å². The summed E-state index contributed by atoms with van der Waals surface area (Å²) in [6.07, 6.45) is -4.69.